The molecule has 0 heterocycles. The van der Waals surface area contributed by atoms with E-state index in [1.165, 1.54) is 0 Å². The molecule has 1 unspecified atom stereocenters. The fraction of sp³-hybridized carbons (Fsp3) is 0.778. The van der Waals surface area contributed by atoms with Gasteiger partial charge in [-0.2, -0.15) is 0 Å². The second-order valence-electron chi connectivity index (χ2n) is 3.11. The number of aliphatic hydroxyl groups is 1. The summed E-state index contributed by atoms with van der Waals surface area (Å²) in [5.41, 5.74) is 0. The molecule has 0 aliphatic carbocycles. The first-order valence-electron chi connectivity index (χ1n) is 3.88. The molecular weight excluding hydrogens is 138 g/mol. The van der Waals surface area contributed by atoms with Crippen molar-refractivity contribution in [1.29, 1.82) is 0 Å². The average molecular weight is 155 g/mol. The minimum absolute atomic E-state index is 0.176. The van der Waals surface area contributed by atoms with Crippen LogP contribution in [0.3, 0.4) is 0 Å². The SMILES string of the molecule is C#CCN(C)C(CO)C(C)C. The predicted molar refractivity (Wildman–Crippen MR) is 47.2 cm³/mol. The van der Waals surface area contributed by atoms with E-state index in [1.807, 2.05) is 11.9 Å². The molecule has 1 N–H and O–H groups in total. The molecule has 1 atom stereocenters. The Morgan fingerprint density at radius 1 is 1.55 bits per heavy atom. The van der Waals surface area contributed by atoms with Gasteiger partial charge < -0.3 is 5.11 Å². The molecular formula is C9H17NO. The third kappa shape index (κ3) is 3.41. The van der Waals surface area contributed by atoms with E-state index in [0.717, 1.165) is 0 Å². The number of hydrogen-bond donors (Lipinski definition) is 1. The van der Waals surface area contributed by atoms with Crippen LogP contribution in [0.25, 0.3) is 0 Å². The quantitative estimate of drug-likeness (QED) is 0.600. The molecule has 2 nitrogen and oxygen atoms in total. The predicted octanol–water partition coefficient (Wildman–Crippen LogP) is 0.568. The molecule has 0 aromatic heterocycles. The maximum Gasteiger partial charge on any atom is 0.0599 e. The zero-order valence-corrected chi connectivity index (χ0v) is 7.54. The molecule has 0 aromatic carbocycles. The average Bonchev–Trinajstić information content (AvgIpc) is 1.88. The maximum atomic E-state index is 8.98. The van der Waals surface area contributed by atoms with Crippen molar-refractivity contribution in [3.8, 4) is 12.3 Å². The fourth-order valence-corrected chi connectivity index (χ4v) is 1.12. The first kappa shape index (κ1) is 10.5. The third-order valence-electron chi connectivity index (χ3n) is 1.86. The van der Waals surface area contributed by atoms with E-state index >= 15 is 0 Å². The van der Waals surface area contributed by atoms with Gasteiger partial charge in [0, 0.05) is 6.04 Å². The van der Waals surface area contributed by atoms with Gasteiger partial charge in [0.15, 0.2) is 0 Å². The zero-order valence-electron chi connectivity index (χ0n) is 7.54. The highest BCUT2D eigenvalue weighted by atomic mass is 16.3. The lowest BCUT2D eigenvalue weighted by Gasteiger charge is -2.27. The molecule has 11 heavy (non-hydrogen) atoms. The molecule has 0 bridgehead atoms. The number of likely N-dealkylation sites (N-methyl/N-ethyl adjacent to an activating group) is 1. The first-order valence-corrected chi connectivity index (χ1v) is 3.88. The van der Waals surface area contributed by atoms with Gasteiger partial charge in [-0.1, -0.05) is 19.8 Å². The standard InChI is InChI=1S/C9H17NO/c1-5-6-10(4)9(7-11)8(2)3/h1,8-9,11H,6-7H2,2-4H3. The first-order chi connectivity index (χ1) is 5.13. The Morgan fingerprint density at radius 3 is 2.36 bits per heavy atom. The van der Waals surface area contributed by atoms with Crippen LogP contribution in [-0.4, -0.2) is 36.2 Å². The van der Waals surface area contributed by atoms with Crippen LogP contribution in [0.15, 0.2) is 0 Å². The Morgan fingerprint density at radius 2 is 2.09 bits per heavy atom. The van der Waals surface area contributed by atoms with Crippen LogP contribution in [0.4, 0.5) is 0 Å². The van der Waals surface area contributed by atoms with Gasteiger partial charge in [-0.25, -0.2) is 0 Å². The molecule has 0 saturated carbocycles. The van der Waals surface area contributed by atoms with Crippen molar-refractivity contribution in [2.45, 2.75) is 19.9 Å². The molecule has 0 spiro atoms. The molecule has 0 amide bonds. The van der Waals surface area contributed by atoms with Gasteiger partial charge in [0.05, 0.1) is 13.2 Å². The summed E-state index contributed by atoms with van der Waals surface area (Å²) in [6, 6.07) is 0.186. The second-order valence-corrected chi connectivity index (χ2v) is 3.11. The lowest BCUT2D eigenvalue weighted by Crippen LogP contribution is -2.38. The molecule has 2 heteroatoms. The van der Waals surface area contributed by atoms with Crippen molar-refractivity contribution in [2.24, 2.45) is 5.92 Å². The van der Waals surface area contributed by atoms with Gasteiger partial charge in [0.1, 0.15) is 0 Å². The van der Waals surface area contributed by atoms with Crippen molar-refractivity contribution in [2.75, 3.05) is 20.2 Å². The van der Waals surface area contributed by atoms with E-state index in [4.69, 9.17) is 11.5 Å². The van der Waals surface area contributed by atoms with Gasteiger partial charge in [0.25, 0.3) is 0 Å². The summed E-state index contributed by atoms with van der Waals surface area (Å²) in [7, 11) is 1.93. The number of aliphatic hydroxyl groups excluding tert-OH is 1. The largest absolute Gasteiger partial charge is 0.395 e. The van der Waals surface area contributed by atoms with Gasteiger partial charge in [0.2, 0.25) is 0 Å². The Hall–Kier alpha value is -0.520. The van der Waals surface area contributed by atoms with Crippen molar-refractivity contribution < 1.29 is 5.11 Å². The molecule has 0 radical (unpaired) electrons. The van der Waals surface area contributed by atoms with E-state index < -0.39 is 0 Å². The van der Waals surface area contributed by atoms with Crippen LogP contribution < -0.4 is 0 Å². The highest BCUT2D eigenvalue weighted by Crippen LogP contribution is 2.06. The molecule has 0 rings (SSSR count). The monoisotopic (exact) mass is 155 g/mol. The van der Waals surface area contributed by atoms with E-state index in [2.05, 4.69) is 19.8 Å². The molecule has 0 aliphatic heterocycles. The summed E-state index contributed by atoms with van der Waals surface area (Å²) in [5, 5.41) is 8.98. The topological polar surface area (TPSA) is 23.5 Å². The van der Waals surface area contributed by atoms with Crippen LogP contribution >= 0.6 is 0 Å². The summed E-state index contributed by atoms with van der Waals surface area (Å²) in [5.74, 6) is 2.99. The summed E-state index contributed by atoms with van der Waals surface area (Å²) >= 11 is 0. The lowest BCUT2D eigenvalue weighted by atomic mass is 10.0. The van der Waals surface area contributed by atoms with E-state index in [0.29, 0.717) is 12.5 Å². The molecule has 0 fully saturated rings. The van der Waals surface area contributed by atoms with E-state index in [9.17, 15) is 0 Å². The third-order valence-corrected chi connectivity index (χ3v) is 1.86. The molecule has 0 aliphatic rings. The molecule has 64 valence electrons. The second kappa shape index (κ2) is 5.17. The Balaban J connectivity index is 3.93. The molecule has 0 aromatic rings. The van der Waals surface area contributed by atoms with Crippen molar-refractivity contribution >= 4 is 0 Å². The van der Waals surface area contributed by atoms with E-state index in [1.54, 1.807) is 0 Å². The van der Waals surface area contributed by atoms with Crippen LogP contribution in [0, 0.1) is 18.3 Å². The summed E-state index contributed by atoms with van der Waals surface area (Å²) in [6.07, 6.45) is 5.15. The van der Waals surface area contributed by atoms with Gasteiger partial charge in [-0.05, 0) is 13.0 Å². The summed E-state index contributed by atoms with van der Waals surface area (Å²) < 4.78 is 0. The Labute approximate surface area is 69.2 Å². The normalized spacial score (nSPS) is 13.5. The highest BCUT2D eigenvalue weighted by Gasteiger charge is 2.15. The number of terminal acetylenes is 1. The minimum Gasteiger partial charge on any atom is -0.395 e. The Kier molecular flexibility index (Phi) is 4.93. The van der Waals surface area contributed by atoms with Crippen LogP contribution in [0.5, 0.6) is 0 Å². The lowest BCUT2D eigenvalue weighted by molar-refractivity contribution is 0.124. The van der Waals surface area contributed by atoms with Crippen molar-refractivity contribution in [3.05, 3.63) is 0 Å². The molecule has 0 saturated heterocycles. The van der Waals surface area contributed by atoms with Crippen LogP contribution in [-0.2, 0) is 0 Å². The summed E-state index contributed by atoms with van der Waals surface area (Å²) in [4.78, 5) is 1.99. The van der Waals surface area contributed by atoms with E-state index in [-0.39, 0.29) is 12.6 Å². The smallest absolute Gasteiger partial charge is 0.0599 e. The van der Waals surface area contributed by atoms with Crippen molar-refractivity contribution in [1.82, 2.24) is 4.90 Å². The van der Waals surface area contributed by atoms with Crippen LogP contribution in [0.1, 0.15) is 13.8 Å². The minimum atomic E-state index is 0.176. The van der Waals surface area contributed by atoms with Gasteiger partial charge in [-0.3, -0.25) is 4.90 Å². The zero-order chi connectivity index (χ0) is 8.85. The number of nitrogens with zero attached hydrogens (tertiary/aromatic N) is 1. The highest BCUT2D eigenvalue weighted by molar-refractivity contribution is 4.89. The Bertz CT molecular complexity index is 137. The number of hydrogen-bond acceptors (Lipinski definition) is 2. The summed E-state index contributed by atoms with van der Waals surface area (Å²) in [6.45, 7) is 4.93. The fourth-order valence-electron chi connectivity index (χ4n) is 1.12. The maximum absolute atomic E-state index is 8.98. The van der Waals surface area contributed by atoms with Gasteiger partial charge in [-0.15, -0.1) is 6.42 Å². The number of rotatable bonds is 4. The van der Waals surface area contributed by atoms with Crippen molar-refractivity contribution in [3.63, 3.8) is 0 Å². The van der Waals surface area contributed by atoms with Crippen LogP contribution in [0.2, 0.25) is 0 Å². The van der Waals surface area contributed by atoms with Gasteiger partial charge >= 0.3 is 0 Å².